The highest BCUT2D eigenvalue weighted by atomic mass is 32.2. The molecule has 148 valence electrons. The van der Waals surface area contributed by atoms with Gasteiger partial charge >= 0.3 is 16.2 Å². The molecule has 2 rings (SSSR count). The van der Waals surface area contributed by atoms with Crippen LogP contribution in [-0.4, -0.2) is 54.9 Å². The Morgan fingerprint density at radius 3 is 2.62 bits per heavy atom. The summed E-state index contributed by atoms with van der Waals surface area (Å²) in [6.45, 7) is 9.34. The molecule has 0 unspecified atom stereocenters. The van der Waals surface area contributed by atoms with E-state index in [1.807, 2.05) is 20.8 Å². The van der Waals surface area contributed by atoms with E-state index in [0.29, 0.717) is 11.6 Å². The van der Waals surface area contributed by atoms with Crippen molar-refractivity contribution in [3.63, 3.8) is 0 Å². The molecule has 1 aliphatic rings. The number of ether oxygens (including phenoxy) is 1. The first-order valence-electron chi connectivity index (χ1n) is 8.65. The average molecular weight is 406 g/mol. The molecule has 0 bridgehead atoms. The third-order valence-corrected chi connectivity index (χ3v) is 5.87. The van der Waals surface area contributed by atoms with Crippen molar-refractivity contribution < 1.29 is 22.1 Å². The summed E-state index contributed by atoms with van der Waals surface area (Å²) in [5, 5.41) is 4.01. The molecule has 1 N–H and O–H groups in total. The zero-order valence-corrected chi connectivity index (χ0v) is 17.3. The van der Waals surface area contributed by atoms with Gasteiger partial charge in [-0.05, 0) is 40.5 Å². The maximum absolute atomic E-state index is 11.8. The predicted octanol–water partition coefficient (Wildman–Crippen LogP) is 2.36. The van der Waals surface area contributed by atoms with E-state index in [2.05, 4.69) is 15.2 Å². The molecular weight excluding hydrogens is 378 g/mol. The fraction of sp³-hybridized carbons (Fsp3) is 0.750. The first kappa shape index (κ1) is 20.9. The van der Waals surface area contributed by atoms with Gasteiger partial charge in [0.15, 0.2) is 0 Å². The molecule has 0 atom stereocenters. The van der Waals surface area contributed by atoms with Gasteiger partial charge in [0.05, 0.1) is 18.5 Å². The standard InChI is InChI=1S/C16H27N3O5S2/c1-5-26(21,22)24-14-10-17-13(25-14)11-19-8-6-12(7-9-19)18-15(20)23-16(2,3)4/h10,12H,5-9,11H2,1-4H3,(H,18,20). The van der Waals surface area contributed by atoms with Gasteiger partial charge in [-0.2, -0.15) is 8.42 Å². The van der Waals surface area contributed by atoms with Crippen LogP contribution in [-0.2, 0) is 21.4 Å². The van der Waals surface area contributed by atoms with Crippen LogP contribution >= 0.6 is 11.3 Å². The molecule has 1 aliphatic heterocycles. The summed E-state index contributed by atoms with van der Waals surface area (Å²) in [7, 11) is -3.52. The minimum atomic E-state index is -3.52. The molecule has 2 heterocycles. The molecule has 0 aromatic carbocycles. The van der Waals surface area contributed by atoms with Gasteiger partial charge in [-0.1, -0.05) is 11.3 Å². The SMILES string of the molecule is CCS(=O)(=O)Oc1cnc(CN2CCC(NC(=O)OC(C)(C)C)CC2)s1. The van der Waals surface area contributed by atoms with Crippen LogP contribution in [0.1, 0.15) is 45.5 Å². The predicted molar refractivity (Wildman–Crippen MR) is 99.9 cm³/mol. The number of carbonyl (C=O) groups excluding carboxylic acids is 1. The van der Waals surface area contributed by atoms with Gasteiger partial charge in [0.2, 0.25) is 5.06 Å². The second kappa shape index (κ2) is 8.53. The van der Waals surface area contributed by atoms with E-state index in [9.17, 15) is 13.2 Å². The van der Waals surface area contributed by atoms with E-state index in [4.69, 9.17) is 8.92 Å². The number of hydrogen-bond acceptors (Lipinski definition) is 8. The maximum Gasteiger partial charge on any atom is 0.407 e. The summed E-state index contributed by atoms with van der Waals surface area (Å²) in [5.74, 6) is -0.0710. The largest absolute Gasteiger partial charge is 0.444 e. The molecule has 1 amide bonds. The zero-order chi connectivity index (χ0) is 19.4. The normalized spacial score (nSPS) is 17.1. The number of amides is 1. The first-order chi connectivity index (χ1) is 12.1. The number of carbonyl (C=O) groups is 1. The number of aromatic nitrogens is 1. The van der Waals surface area contributed by atoms with Gasteiger partial charge in [0, 0.05) is 19.1 Å². The summed E-state index contributed by atoms with van der Waals surface area (Å²) >= 11 is 1.24. The van der Waals surface area contributed by atoms with Crippen molar-refractivity contribution in [1.82, 2.24) is 15.2 Å². The number of rotatable bonds is 6. The minimum absolute atomic E-state index is 0.0710. The lowest BCUT2D eigenvalue weighted by atomic mass is 10.1. The van der Waals surface area contributed by atoms with Crippen LogP contribution in [0.3, 0.4) is 0 Å². The Hall–Kier alpha value is -1.39. The molecule has 1 fully saturated rings. The quantitative estimate of drug-likeness (QED) is 0.726. The van der Waals surface area contributed by atoms with E-state index in [1.54, 1.807) is 0 Å². The van der Waals surface area contributed by atoms with Crippen LogP contribution < -0.4 is 9.50 Å². The fourth-order valence-corrected chi connectivity index (χ4v) is 4.04. The van der Waals surface area contributed by atoms with Crippen molar-refractivity contribution in [3.05, 3.63) is 11.2 Å². The summed E-state index contributed by atoms with van der Waals surface area (Å²) in [5.41, 5.74) is -0.499. The molecular formula is C16H27N3O5S2. The van der Waals surface area contributed by atoms with Crippen molar-refractivity contribution >= 4 is 27.5 Å². The van der Waals surface area contributed by atoms with Gasteiger partial charge in [0.25, 0.3) is 0 Å². The number of nitrogens with one attached hydrogen (secondary N) is 1. The van der Waals surface area contributed by atoms with Crippen molar-refractivity contribution in [3.8, 4) is 5.06 Å². The lowest BCUT2D eigenvalue weighted by Gasteiger charge is -2.32. The molecule has 26 heavy (non-hydrogen) atoms. The highest BCUT2D eigenvalue weighted by Gasteiger charge is 2.24. The van der Waals surface area contributed by atoms with E-state index in [0.717, 1.165) is 30.9 Å². The van der Waals surface area contributed by atoms with Gasteiger partial charge in [-0.15, -0.1) is 0 Å². The molecule has 1 aromatic heterocycles. The van der Waals surface area contributed by atoms with Crippen LogP contribution in [0.25, 0.3) is 0 Å². The number of hydrogen-bond donors (Lipinski definition) is 1. The van der Waals surface area contributed by atoms with Crippen LogP contribution in [0.15, 0.2) is 6.20 Å². The number of nitrogens with zero attached hydrogens (tertiary/aromatic N) is 2. The van der Waals surface area contributed by atoms with Gasteiger partial charge in [-0.3, -0.25) is 4.90 Å². The third-order valence-electron chi connectivity index (χ3n) is 3.76. The third kappa shape index (κ3) is 7.08. The average Bonchev–Trinajstić information content (AvgIpc) is 2.93. The fourth-order valence-electron chi connectivity index (χ4n) is 2.49. The molecule has 0 saturated carbocycles. The van der Waals surface area contributed by atoms with E-state index >= 15 is 0 Å². The molecule has 10 heteroatoms. The monoisotopic (exact) mass is 405 g/mol. The Morgan fingerprint density at radius 2 is 2.04 bits per heavy atom. The maximum atomic E-state index is 11.8. The van der Waals surface area contributed by atoms with Gasteiger partial charge in [-0.25, -0.2) is 9.78 Å². The van der Waals surface area contributed by atoms with Gasteiger partial charge < -0.3 is 14.2 Å². The number of piperidine rings is 1. The summed E-state index contributed by atoms with van der Waals surface area (Å²) < 4.78 is 33.2. The lowest BCUT2D eigenvalue weighted by Crippen LogP contribution is -2.45. The molecule has 0 spiro atoms. The van der Waals surface area contributed by atoms with Gasteiger partial charge in [0.1, 0.15) is 10.6 Å². The summed E-state index contributed by atoms with van der Waals surface area (Å²) in [4.78, 5) is 18.3. The smallest absolute Gasteiger partial charge is 0.407 e. The lowest BCUT2D eigenvalue weighted by molar-refractivity contribution is 0.0477. The second-order valence-electron chi connectivity index (χ2n) is 7.20. The molecule has 1 saturated heterocycles. The Balaban J connectivity index is 1.77. The Bertz CT molecular complexity index is 704. The van der Waals surface area contributed by atoms with E-state index in [-0.39, 0.29) is 17.9 Å². The summed E-state index contributed by atoms with van der Waals surface area (Å²) in [6, 6.07) is 0.103. The highest BCUT2D eigenvalue weighted by molar-refractivity contribution is 7.87. The van der Waals surface area contributed by atoms with Crippen molar-refractivity contribution in [1.29, 1.82) is 0 Å². The molecule has 0 aliphatic carbocycles. The first-order valence-corrected chi connectivity index (χ1v) is 11.0. The molecule has 1 aromatic rings. The van der Waals surface area contributed by atoms with Crippen LogP contribution in [0, 0.1) is 0 Å². The molecule has 0 radical (unpaired) electrons. The number of likely N-dealkylation sites (tertiary alicyclic amines) is 1. The Kier molecular flexibility index (Phi) is 6.86. The Morgan fingerprint density at radius 1 is 1.38 bits per heavy atom. The minimum Gasteiger partial charge on any atom is -0.444 e. The van der Waals surface area contributed by atoms with Crippen molar-refractivity contribution in [2.45, 2.75) is 58.7 Å². The second-order valence-corrected chi connectivity index (χ2v) is 10.1. The number of thiazole rings is 1. The zero-order valence-electron chi connectivity index (χ0n) is 15.6. The highest BCUT2D eigenvalue weighted by Crippen LogP contribution is 2.25. The van der Waals surface area contributed by atoms with Crippen LogP contribution in [0.5, 0.6) is 5.06 Å². The van der Waals surface area contributed by atoms with Crippen LogP contribution in [0.2, 0.25) is 0 Å². The summed E-state index contributed by atoms with van der Waals surface area (Å²) in [6.07, 6.45) is 2.73. The molecule has 8 nitrogen and oxygen atoms in total. The topological polar surface area (TPSA) is 97.8 Å². The Labute approximate surface area is 159 Å². The van der Waals surface area contributed by atoms with E-state index in [1.165, 1.54) is 24.5 Å². The van der Waals surface area contributed by atoms with E-state index < -0.39 is 15.7 Å². The van der Waals surface area contributed by atoms with Crippen molar-refractivity contribution in [2.24, 2.45) is 0 Å². The van der Waals surface area contributed by atoms with Crippen molar-refractivity contribution in [2.75, 3.05) is 18.8 Å². The van der Waals surface area contributed by atoms with Crippen LogP contribution in [0.4, 0.5) is 4.79 Å². The number of alkyl carbamates (subject to hydrolysis) is 1.